The van der Waals surface area contributed by atoms with E-state index >= 15 is 0 Å². The summed E-state index contributed by atoms with van der Waals surface area (Å²) in [7, 11) is 0. The van der Waals surface area contributed by atoms with Gasteiger partial charge in [0.25, 0.3) is 5.91 Å². The number of carbonyl (C=O) groups is 1. The van der Waals surface area contributed by atoms with Crippen LogP contribution in [-0.2, 0) is 6.61 Å². The predicted molar refractivity (Wildman–Crippen MR) is 132 cm³/mol. The van der Waals surface area contributed by atoms with Crippen molar-refractivity contribution in [1.29, 1.82) is 0 Å². The highest BCUT2D eigenvalue weighted by molar-refractivity contribution is 5.96. The van der Waals surface area contributed by atoms with Crippen LogP contribution in [0.1, 0.15) is 42.3 Å². The Hall–Kier alpha value is -4.00. The van der Waals surface area contributed by atoms with Gasteiger partial charge in [-0.05, 0) is 56.2 Å². The number of ether oxygens (including phenoxy) is 4. The van der Waals surface area contributed by atoms with E-state index in [-0.39, 0.29) is 0 Å². The van der Waals surface area contributed by atoms with Gasteiger partial charge < -0.3 is 18.9 Å². The monoisotopic (exact) mass is 462 g/mol. The zero-order chi connectivity index (χ0) is 24.2. The first-order valence-corrected chi connectivity index (χ1v) is 11.3. The number of amides is 1. The Bertz CT molecular complexity index is 1070. The van der Waals surface area contributed by atoms with Crippen molar-refractivity contribution in [3.8, 4) is 23.0 Å². The summed E-state index contributed by atoms with van der Waals surface area (Å²) in [6, 6.07) is 20.7. The van der Waals surface area contributed by atoms with Crippen LogP contribution in [0.25, 0.3) is 0 Å². The van der Waals surface area contributed by atoms with E-state index in [4.69, 9.17) is 18.9 Å². The maximum Gasteiger partial charge on any atom is 0.271 e. The van der Waals surface area contributed by atoms with E-state index in [9.17, 15) is 4.79 Å². The first-order valence-electron chi connectivity index (χ1n) is 11.3. The lowest BCUT2D eigenvalue weighted by atomic mass is 10.1. The van der Waals surface area contributed by atoms with Crippen LogP contribution in [0.2, 0.25) is 0 Å². The van der Waals surface area contributed by atoms with E-state index in [0.717, 1.165) is 11.1 Å². The second kappa shape index (κ2) is 12.9. The zero-order valence-electron chi connectivity index (χ0n) is 19.7. The highest BCUT2D eigenvalue weighted by Gasteiger charge is 2.18. The number of hydrazone groups is 1. The smallest absolute Gasteiger partial charge is 0.271 e. The van der Waals surface area contributed by atoms with Crippen LogP contribution in [0.3, 0.4) is 0 Å². The van der Waals surface area contributed by atoms with Gasteiger partial charge in [-0.3, -0.25) is 4.79 Å². The lowest BCUT2D eigenvalue weighted by Gasteiger charge is -2.16. The SMILES string of the molecule is CCOc1cc(C(=O)N/N=C/c2cccc(OCc3ccccc3)c2)cc(OCC)c1OCC. The number of benzene rings is 3. The molecule has 0 heterocycles. The van der Waals surface area contributed by atoms with Gasteiger partial charge >= 0.3 is 0 Å². The average molecular weight is 463 g/mol. The van der Waals surface area contributed by atoms with E-state index in [1.54, 1.807) is 18.3 Å². The fourth-order valence-corrected chi connectivity index (χ4v) is 3.18. The zero-order valence-corrected chi connectivity index (χ0v) is 19.7. The second-order valence-electron chi connectivity index (χ2n) is 7.15. The minimum absolute atomic E-state index is 0.354. The van der Waals surface area contributed by atoms with Crippen molar-refractivity contribution in [3.63, 3.8) is 0 Å². The first kappa shape index (κ1) is 24.6. The number of nitrogens with one attached hydrogen (secondary N) is 1. The largest absolute Gasteiger partial charge is 0.490 e. The average Bonchev–Trinajstić information content (AvgIpc) is 2.85. The summed E-state index contributed by atoms with van der Waals surface area (Å²) in [5.74, 6) is 1.71. The van der Waals surface area contributed by atoms with Gasteiger partial charge in [-0.15, -0.1) is 0 Å². The van der Waals surface area contributed by atoms with Crippen molar-refractivity contribution >= 4 is 12.1 Å². The molecule has 0 radical (unpaired) electrons. The summed E-state index contributed by atoms with van der Waals surface area (Å²) in [5.41, 5.74) is 4.79. The van der Waals surface area contributed by atoms with E-state index < -0.39 is 5.91 Å². The summed E-state index contributed by atoms with van der Waals surface area (Å²) in [4.78, 5) is 12.7. The quantitative estimate of drug-likeness (QED) is 0.295. The van der Waals surface area contributed by atoms with Gasteiger partial charge in [0, 0.05) is 5.56 Å². The molecule has 0 aliphatic rings. The van der Waals surface area contributed by atoms with Gasteiger partial charge in [-0.25, -0.2) is 5.43 Å². The normalized spacial score (nSPS) is 10.7. The molecule has 0 aliphatic carbocycles. The third-order valence-electron chi connectivity index (χ3n) is 4.66. The van der Waals surface area contributed by atoms with Gasteiger partial charge in [0.15, 0.2) is 11.5 Å². The Labute approximate surface area is 200 Å². The summed E-state index contributed by atoms with van der Waals surface area (Å²) >= 11 is 0. The molecule has 3 rings (SSSR count). The molecule has 0 unspecified atom stereocenters. The molecule has 0 fully saturated rings. The maximum atomic E-state index is 12.7. The van der Waals surface area contributed by atoms with Crippen LogP contribution in [0, 0.1) is 0 Å². The molecule has 0 atom stereocenters. The molecule has 0 aromatic heterocycles. The van der Waals surface area contributed by atoms with Crippen molar-refractivity contribution in [2.75, 3.05) is 19.8 Å². The molecule has 0 bridgehead atoms. The third kappa shape index (κ3) is 7.00. The number of hydrogen-bond acceptors (Lipinski definition) is 6. The molecular weight excluding hydrogens is 432 g/mol. The summed E-state index contributed by atoms with van der Waals surface area (Å²) in [5, 5.41) is 4.09. The van der Waals surface area contributed by atoms with Crippen LogP contribution in [0.5, 0.6) is 23.0 Å². The summed E-state index contributed by atoms with van der Waals surface area (Å²) < 4.78 is 22.9. The molecule has 0 spiro atoms. The molecule has 34 heavy (non-hydrogen) atoms. The molecule has 7 heteroatoms. The molecular formula is C27H30N2O5. The maximum absolute atomic E-state index is 12.7. The Morgan fingerprint density at radius 2 is 1.50 bits per heavy atom. The van der Waals surface area contributed by atoms with Crippen LogP contribution in [-0.4, -0.2) is 31.9 Å². The predicted octanol–water partition coefficient (Wildman–Crippen LogP) is 5.23. The van der Waals surface area contributed by atoms with Crippen LogP contribution >= 0.6 is 0 Å². The lowest BCUT2D eigenvalue weighted by molar-refractivity contribution is 0.0954. The fraction of sp³-hybridized carbons (Fsp3) is 0.259. The van der Waals surface area contributed by atoms with Gasteiger partial charge in [-0.2, -0.15) is 5.10 Å². The highest BCUT2D eigenvalue weighted by Crippen LogP contribution is 2.39. The highest BCUT2D eigenvalue weighted by atomic mass is 16.5. The molecule has 1 N–H and O–H groups in total. The summed E-state index contributed by atoms with van der Waals surface area (Å²) in [6.45, 7) is 7.39. The molecule has 1 amide bonds. The number of hydrogen-bond donors (Lipinski definition) is 1. The second-order valence-corrected chi connectivity index (χ2v) is 7.15. The Morgan fingerprint density at radius 3 is 2.15 bits per heavy atom. The standard InChI is InChI=1S/C27H30N2O5/c1-4-31-24-16-22(17-25(32-5-2)26(24)33-6-3)27(30)29-28-18-21-13-10-14-23(15-21)34-19-20-11-8-7-9-12-20/h7-18H,4-6,19H2,1-3H3,(H,29,30)/b28-18+. The van der Waals surface area contributed by atoms with Crippen molar-refractivity contribution in [3.05, 3.63) is 83.4 Å². The van der Waals surface area contributed by atoms with Crippen molar-refractivity contribution in [1.82, 2.24) is 5.43 Å². The third-order valence-corrected chi connectivity index (χ3v) is 4.66. The van der Waals surface area contributed by atoms with Crippen LogP contribution in [0.4, 0.5) is 0 Å². The topological polar surface area (TPSA) is 78.4 Å². The molecule has 3 aromatic rings. The van der Waals surface area contributed by atoms with E-state index in [1.165, 1.54) is 0 Å². The number of rotatable bonds is 12. The lowest BCUT2D eigenvalue weighted by Crippen LogP contribution is -2.18. The molecule has 7 nitrogen and oxygen atoms in total. The van der Waals surface area contributed by atoms with Crippen molar-refractivity contribution in [2.45, 2.75) is 27.4 Å². The first-order chi connectivity index (χ1) is 16.6. The Balaban J connectivity index is 1.68. The minimum atomic E-state index is -0.391. The summed E-state index contributed by atoms with van der Waals surface area (Å²) in [6.07, 6.45) is 1.56. The van der Waals surface area contributed by atoms with E-state index in [0.29, 0.717) is 55.0 Å². The minimum Gasteiger partial charge on any atom is -0.490 e. The Kier molecular flexibility index (Phi) is 9.34. The van der Waals surface area contributed by atoms with Crippen molar-refractivity contribution < 1.29 is 23.7 Å². The van der Waals surface area contributed by atoms with Crippen molar-refractivity contribution in [2.24, 2.45) is 5.10 Å². The van der Waals surface area contributed by atoms with Crippen LogP contribution < -0.4 is 24.4 Å². The van der Waals surface area contributed by atoms with E-state index in [2.05, 4.69) is 10.5 Å². The van der Waals surface area contributed by atoms with Gasteiger partial charge in [0.2, 0.25) is 5.75 Å². The molecule has 0 saturated carbocycles. The molecule has 0 saturated heterocycles. The number of carbonyl (C=O) groups excluding carboxylic acids is 1. The number of nitrogens with zero attached hydrogens (tertiary/aromatic N) is 1. The fourth-order valence-electron chi connectivity index (χ4n) is 3.18. The molecule has 178 valence electrons. The van der Waals surface area contributed by atoms with Crippen LogP contribution in [0.15, 0.2) is 71.8 Å². The van der Waals surface area contributed by atoms with Gasteiger partial charge in [0.1, 0.15) is 12.4 Å². The molecule has 0 aliphatic heterocycles. The van der Waals surface area contributed by atoms with E-state index in [1.807, 2.05) is 75.4 Å². The molecule has 3 aromatic carbocycles. The van der Waals surface area contributed by atoms with Gasteiger partial charge in [-0.1, -0.05) is 42.5 Å². The van der Waals surface area contributed by atoms with Gasteiger partial charge in [0.05, 0.1) is 26.0 Å². The Morgan fingerprint density at radius 1 is 0.824 bits per heavy atom.